The quantitative estimate of drug-likeness (QED) is 0.861. The van der Waals surface area contributed by atoms with Crippen LogP contribution in [0.25, 0.3) is 0 Å². The van der Waals surface area contributed by atoms with Gasteiger partial charge in [-0.25, -0.2) is 0 Å². The molecule has 0 atom stereocenters. The molecule has 0 radical (unpaired) electrons. The lowest BCUT2D eigenvalue weighted by Gasteiger charge is -2.14. The van der Waals surface area contributed by atoms with Crippen LogP contribution >= 0.6 is 0 Å². The Kier molecular flexibility index (Phi) is 3.98. The van der Waals surface area contributed by atoms with Crippen LogP contribution in [0.5, 0.6) is 0 Å². The zero-order valence-corrected chi connectivity index (χ0v) is 12.9. The number of amides is 1. The molecule has 0 fully saturated rings. The van der Waals surface area contributed by atoms with Gasteiger partial charge in [0.15, 0.2) is 0 Å². The molecule has 0 aromatic carbocycles. The van der Waals surface area contributed by atoms with Crippen molar-refractivity contribution in [2.24, 2.45) is 5.92 Å². The molecule has 1 amide bonds. The molecule has 0 unspecified atom stereocenters. The van der Waals surface area contributed by atoms with Crippen LogP contribution in [-0.4, -0.2) is 42.5 Å². The molecule has 22 heavy (non-hydrogen) atoms. The van der Waals surface area contributed by atoms with E-state index in [1.807, 2.05) is 6.07 Å². The fraction of sp³-hybridized carbons (Fsp3) is 0.533. The molecule has 1 aliphatic rings. The topological polar surface area (TPSA) is 87.0 Å². The number of fused-ring (bicyclic) bond motifs is 1. The normalized spacial score (nSPS) is 13.9. The second-order valence-corrected chi connectivity index (χ2v) is 6.10. The number of hydrogen-bond donors (Lipinski definition) is 2. The van der Waals surface area contributed by atoms with Gasteiger partial charge in [-0.3, -0.25) is 14.6 Å². The smallest absolute Gasteiger partial charge is 0.275 e. The van der Waals surface area contributed by atoms with Gasteiger partial charge in [0.25, 0.3) is 5.91 Å². The monoisotopic (exact) mass is 303 g/mol. The Morgan fingerprint density at radius 1 is 1.45 bits per heavy atom. The average Bonchev–Trinajstić information content (AvgIpc) is 3.14. The summed E-state index contributed by atoms with van der Waals surface area (Å²) in [7, 11) is 0. The number of nitrogens with zero attached hydrogens (tertiary/aromatic N) is 4. The highest BCUT2D eigenvalue weighted by molar-refractivity contribution is 5.92. The zero-order chi connectivity index (χ0) is 15.7. The SMILES string of the molecule is CC(C)Cc1cc(C(=O)N2Cc3cnn(CCO)c3C2)n[nH]1. The third-order valence-electron chi connectivity index (χ3n) is 3.81. The predicted molar refractivity (Wildman–Crippen MR) is 80.0 cm³/mol. The van der Waals surface area contributed by atoms with Crippen molar-refractivity contribution in [2.75, 3.05) is 6.61 Å². The highest BCUT2D eigenvalue weighted by atomic mass is 16.3. The number of rotatable bonds is 5. The maximum atomic E-state index is 12.5. The number of aromatic amines is 1. The van der Waals surface area contributed by atoms with E-state index < -0.39 is 0 Å². The third-order valence-corrected chi connectivity index (χ3v) is 3.81. The lowest BCUT2D eigenvalue weighted by molar-refractivity contribution is 0.0741. The van der Waals surface area contributed by atoms with E-state index in [1.165, 1.54) is 0 Å². The van der Waals surface area contributed by atoms with Crippen LogP contribution in [0.15, 0.2) is 12.3 Å². The number of nitrogens with one attached hydrogen (secondary N) is 1. The van der Waals surface area contributed by atoms with Crippen molar-refractivity contribution in [3.63, 3.8) is 0 Å². The molecule has 0 spiro atoms. The van der Waals surface area contributed by atoms with Crippen LogP contribution in [0.4, 0.5) is 0 Å². The second kappa shape index (κ2) is 5.92. The van der Waals surface area contributed by atoms with Crippen LogP contribution in [0.1, 0.15) is 41.3 Å². The van der Waals surface area contributed by atoms with Gasteiger partial charge >= 0.3 is 0 Å². The molecular weight excluding hydrogens is 282 g/mol. The molecule has 0 saturated heterocycles. The minimum atomic E-state index is -0.0713. The third kappa shape index (κ3) is 2.76. The first-order valence-electron chi connectivity index (χ1n) is 7.56. The molecule has 2 N–H and O–H groups in total. The van der Waals surface area contributed by atoms with E-state index in [0.717, 1.165) is 23.4 Å². The summed E-state index contributed by atoms with van der Waals surface area (Å²) in [6.45, 7) is 5.82. The summed E-state index contributed by atoms with van der Waals surface area (Å²) in [5, 5.41) is 20.4. The molecule has 118 valence electrons. The molecule has 0 bridgehead atoms. The number of carbonyl (C=O) groups excluding carboxylic acids is 1. The summed E-state index contributed by atoms with van der Waals surface area (Å²) in [4.78, 5) is 14.3. The Hall–Kier alpha value is -2.15. The molecule has 3 rings (SSSR count). The number of H-pyrrole nitrogens is 1. The fourth-order valence-corrected chi connectivity index (χ4v) is 2.82. The molecule has 0 aliphatic carbocycles. The van der Waals surface area contributed by atoms with Crippen molar-refractivity contribution < 1.29 is 9.90 Å². The van der Waals surface area contributed by atoms with E-state index in [2.05, 4.69) is 29.1 Å². The minimum absolute atomic E-state index is 0.0417. The fourth-order valence-electron chi connectivity index (χ4n) is 2.82. The van der Waals surface area contributed by atoms with Gasteiger partial charge in [0.05, 0.1) is 31.6 Å². The second-order valence-electron chi connectivity index (χ2n) is 6.10. The summed E-state index contributed by atoms with van der Waals surface area (Å²) >= 11 is 0. The van der Waals surface area contributed by atoms with Crippen molar-refractivity contribution >= 4 is 5.91 Å². The summed E-state index contributed by atoms with van der Waals surface area (Å²) < 4.78 is 1.76. The van der Waals surface area contributed by atoms with Gasteiger partial charge in [0.1, 0.15) is 5.69 Å². The minimum Gasteiger partial charge on any atom is -0.394 e. The van der Waals surface area contributed by atoms with Gasteiger partial charge in [-0.1, -0.05) is 13.8 Å². The van der Waals surface area contributed by atoms with E-state index in [-0.39, 0.29) is 12.5 Å². The Morgan fingerprint density at radius 3 is 3.00 bits per heavy atom. The van der Waals surface area contributed by atoms with Gasteiger partial charge in [-0.05, 0) is 18.4 Å². The summed E-state index contributed by atoms with van der Waals surface area (Å²) in [6.07, 6.45) is 2.65. The van der Waals surface area contributed by atoms with Gasteiger partial charge in [-0.2, -0.15) is 10.2 Å². The van der Waals surface area contributed by atoms with Crippen molar-refractivity contribution in [1.29, 1.82) is 0 Å². The number of aliphatic hydroxyl groups excluding tert-OH is 1. The lowest BCUT2D eigenvalue weighted by Crippen LogP contribution is -2.26. The molecule has 2 aromatic rings. The maximum Gasteiger partial charge on any atom is 0.275 e. The van der Waals surface area contributed by atoms with E-state index in [4.69, 9.17) is 5.11 Å². The van der Waals surface area contributed by atoms with Gasteiger partial charge in [0, 0.05) is 17.8 Å². The molecule has 0 saturated carbocycles. The van der Waals surface area contributed by atoms with E-state index >= 15 is 0 Å². The highest BCUT2D eigenvalue weighted by Crippen LogP contribution is 2.24. The predicted octanol–water partition coefficient (Wildman–Crippen LogP) is 0.953. The molecule has 2 aromatic heterocycles. The summed E-state index contributed by atoms with van der Waals surface area (Å²) in [5.41, 5.74) is 3.49. The molecular formula is C15H21N5O2. The number of carbonyl (C=O) groups is 1. The Labute approximate surface area is 128 Å². The van der Waals surface area contributed by atoms with Crippen LogP contribution in [0.2, 0.25) is 0 Å². The molecule has 7 heteroatoms. The van der Waals surface area contributed by atoms with E-state index in [9.17, 15) is 4.79 Å². The van der Waals surface area contributed by atoms with E-state index in [1.54, 1.807) is 15.8 Å². The molecule has 1 aliphatic heterocycles. The number of aromatic nitrogens is 4. The first-order chi connectivity index (χ1) is 10.6. The van der Waals surface area contributed by atoms with Crippen molar-refractivity contribution in [1.82, 2.24) is 24.9 Å². The largest absolute Gasteiger partial charge is 0.394 e. The Balaban J connectivity index is 1.70. The summed E-state index contributed by atoms with van der Waals surface area (Å²) in [5.74, 6) is 0.446. The number of aliphatic hydroxyl groups is 1. The average molecular weight is 303 g/mol. The first-order valence-corrected chi connectivity index (χ1v) is 7.56. The van der Waals surface area contributed by atoms with Crippen LogP contribution < -0.4 is 0 Å². The van der Waals surface area contributed by atoms with Crippen molar-refractivity contribution in [3.8, 4) is 0 Å². The zero-order valence-electron chi connectivity index (χ0n) is 12.9. The first kappa shape index (κ1) is 14.8. The lowest BCUT2D eigenvalue weighted by atomic mass is 10.1. The van der Waals surface area contributed by atoms with Crippen molar-refractivity contribution in [3.05, 3.63) is 34.9 Å². The van der Waals surface area contributed by atoms with Crippen molar-refractivity contribution in [2.45, 2.75) is 39.9 Å². The standard InChI is InChI=1S/C15H21N5O2/c1-10(2)5-12-6-13(18-17-12)15(22)19-8-11-7-16-20(3-4-21)14(11)9-19/h6-7,10,21H,3-5,8-9H2,1-2H3,(H,17,18). The van der Waals surface area contributed by atoms with Gasteiger partial charge < -0.3 is 10.0 Å². The van der Waals surface area contributed by atoms with Crippen LogP contribution in [0.3, 0.4) is 0 Å². The maximum absolute atomic E-state index is 12.5. The molecule has 7 nitrogen and oxygen atoms in total. The Bertz CT molecular complexity index is 673. The van der Waals surface area contributed by atoms with Gasteiger partial charge in [-0.15, -0.1) is 0 Å². The van der Waals surface area contributed by atoms with Crippen LogP contribution in [-0.2, 0) is 26.1 Å². The number of hydrogen-bond acceptors (Lipinski definition) is 4. The van der Waals surface area contributed by atoms with E-state index in [0.29, 0.717) is 31.2 Å². The molecule has 3 heterocycles. The Morgan fingerprint density at radius 2 is 2.27 bits per heavy atom. The summed E-state index contributed by atoms with van der Waals surface area (Å²) in [6, 6.07) is 1.84. The van der Waals surface area contributed by atoms with Crippen LogP contribution in [0, 0.1) is 5.92 Å². The highest BCUT2D eigenvalue weighted by Gasteiger charge is 2.28. The van der Waals surface area contributed by atoms with Gasteiger partial charge in [0.2, 0.25) is 0 Å².